The van der Waals surface area contributed by atoms with Crippen LogP contribution in [0.2, 0.25) is 0 Å². The molecule has 0 aliphatic carbocycles. The molecule has 2 aromatic carbocycles. The first-order valence-corrected chi connectivity index (χ1v) is 10.1. The zero-order valence-corrected chi connectivity index (χ0v) is 16.2. The van der Waals surface area contributed by atoms with E-state index < -0.39 is 26.7 Å². The van der Waals surface area contributed by atoms with E-state index in [4.69, 9.17) is 4.42 Å². The Hall–Kier alpha value is -3.57. The number of nitro benzene ring substituents is 1. The van der Waals surface area contributed by atoms with Gasteiger partial charge in [0.25, 0.3) is 11.6 Å². The fourth-order valence-corrected chi connectivity index (χ4v) is 3.60. The number of nitro groups is 1. The van der Waals surface area contributed by atoms with Gasteiger partial charge in [-0.15, -0.1) is 0 Å². The highest BCUT2D eigenvalue weighted by Crippen LogP contribution is 2.22. The second kappa shape index (κ2) is 8.84. The predicted octanol–water partition coefficient (Wildman–Crippen LogP) is 2.70. The van der Waals surface area contributed by atoms with Crippen LogP contribution in [0.15, 0.2) is 70.0 Å². The van der Waals surface area contributed by atoms with Gasteiger partial charge in [0, 0.05) is 30.8 Å². The van der Waals surface area contributed by atoms with Gasteiger partial charge >= 0.3 is 0 Å². The third-order valence-corrected chi connectivity index (χ3v) is 5.46. The first kappa shape index (κ1) is 21.1. The van der Waals surface area contributed by atoms with E-state index >= 15 is 0 Å². The van der Waals surface area contributed by atoms with Crippen molar-refractivity contribution in [2.24, 2.45) is 0 Å². The summed E-state index contributed by atoms with van der Waals surface area (Å²) in [4.78, 5) is 22.0. The molecule has 30 heavy (non-hydrogen) atoms. The zero-order chi connectivity index (χ0) is 21.7. The molecule has 0 aliphatic heterocycles. The lowest BCUT2D eigenvalue weighted by Gasteiger charge is -2.07. The van der Waals surface area contributed by atoms with Crippen LogP contribution in [0.3, 0.4) is 0 Å². The molecule has 1 amide bonds. The molecule has 9 nitrogen and oxygen atoms in total. The third-order valence-electron chi connectivity index (χ3n) is 4.00. The Morgan fingerprint density at radius 2 is 1.80 bits per heavy atom. The molecule has 3 rings (SSSR count). The highest BCUT2D eigenvalue weighted by molar-refractivity contribution is 7.89. The van der Waals surface area contributed by atoms with Crippen LogP contribution < -0.4 is 10.0 Å². The quantitative estimate of drug-likeness (QED) is 0.319. The Morgan fingerprint density at radius 3 is 2.50 bits per heavy atom. The van der Waals surface area contributed by atoms with E-state index in [0.717, 1.165) is 6.07 Å². The summed E-state index contributed by atoms with van der Waals surface area (Å²) in [5.74, 6) is -0.559. The predicted molar refractivity (Wildman–Crippen MR) is 105 cm³/mol. The van der Waals surface area contributed by atoms with Crippen molar-refractivity contribution < 1.29 is 26.9 Å². The van der Waals surface area contributed by atoms with Gasteiger partial charge in [0.1, 0.15) is 11.6 Å². The maximum absolute atomic E-state index is 13.0. The molecule has 3 aromatic rings. The minimum atomic E-state index is -3.97. The third kappa shape index (κ3) is 5.07. The van der Waals surface area contributed by atoms with Crippen LogP contribution in [0.25, 0.3) is 11.3 Å². The van der Waals surface area contributed by atoms with Crippen molar-refractivity contribution in [3.05, 3.63) is 82.4 Å². The normalized spacial score (nSPS) is 11.2. The van der Waals surface area contributed by atoms with Crippen molar-refractivity contribution in [1.29, 1.82) is 0 Å². The van der Waals surface area contributed by atoms with Crippen LogP contribution in [-0.2, 0) is 10.0 Å². The van der Waals surface area contributed by atoms with E-state index in [-0.39, 0.29) is 29.4 Å². The van der Waals surface area contributed by atoms with E-state index in [1.54, 1.807) is 6.07 Å². The summed E-state index contributed by atoms with van der Waals surface area (Å²) in [6, 6.07) is 13.2. The van der Waals surface area contributed by atoms with Crippen LogP contribution in [0, 0.1) is 15.9 Å². The fraction of sp³-hybridized carbons (Fsp3) is 0.105. The summed E-state index contributed by atoms with van der Waals surface area (Å²) < 4.78 is 45.1. The minimum Gasteiger partial charge on any atom is -0.451 e. The molecule has 1 aromatic heterocycles. The van der Waals surface area contributed by atoms with Gasteiger partial charge in [0.05, 0.1) is 9.82 Å². The lowest BCUT2D eigenvalue weighted by atomic mass is 10.2. The molecule has 0 bridgehead atoms. The Kier molecular flexibility index (Phi) is 6.23. The van der Waals surface area contributed by atoms with Crippen molar-refractivity contribution >= 4 is 21.6 Å². The van der Waals surface area contributed by atoms with Crippen LogP contribution in [-0.4, -0.2) is 32.3 Å². The number of benzene rings is 2. The summed E-state index contributed by atoms with van der Waals surface area (Å²) >= 11 is 0. The number of hydrogen-bond donors (Lipinski definition) is 2. The summed E-state index contributed by atoms with van der Waals surface area (Å²) in [6.45, 7) is -0.179. The average Bonchev–Trinajstić information content (AvgIpc) is 3.22. The smallest absolute Gasteiger partial charge is 0.287 e. The topological polar surface area (TPSA) is 132 Å². The number of rotatable bonds is 8. The molecule has 0 aliphatic rings. The molecule has 0 unspecified atom stereocenters. The van der Waals surface area contributed by atoms with Gasteiger partial charge in [-0.05, 0) is 42.5 Å². The number of furan rings is 1. The first-order chi connectivity index (χ1) is 14.3. The number of non-ortho nitro benzene ring substituents is 1. The molecule has 0 radical (unpaired) electrons. The highest BCUT2D eigenvalue weighted by Gasteiger charge is 2.17. The van der Waals surface area contributed by atoms with Crippen LogP contribution >= 0.6 is 0 Å². The maximum Gasteiger partial charge on any atom is 0.287 e. The molecule has 0 saturated carbocycles. The zero-order valence-electron chi connectivity index (χ0n) is 15.4. The summed E-state index contributed by atoms with van der Waals surface area (Å²) in [6.07, 6.45) is 0. The van der Waals surface area contributed by atoms with E-state index in [1.165, 1.54) is 48.5 Å². The van der Waals surface area contributed by atoms with E-state index in [1.807, 2.05) is 0 Å². The fourth-order valence-electron chi connectivity index (χ4n) is 2.53. The Morgan fingerprint density at radius 1 is 1.07 bits per heavy atom. The van der Waals surface area contributed by atoms with E-state index in [2.05, 4.69) is 10.0 Å². The number of sulfonamides is 1. The van der Waals surface area contributed by atoms with Crippen molar-refractivity contribution in [3.63, 3.8) is 0 Å². The summed E-state index contributed by atoms with van der Waals surface area (Å²) in [5.41, 5.74) is 0.251. The second-order valence-electron chi connectivity index (χ2n) is 6.08. The number of nitrogens with one attached hydrogen (secondary N) is 2. The van der Waals surface area contributed by atoms with Crippen LogP contribution in [0.5, 0.6) is 0 Å². The van der Waals surface area contributed by atoms with E-state index in [0.29, 0.717) is 11.3 Å². The van der Waals surface area contributed by atoms with E-state index in [9.17, 15) is 27.7 Å². The molecular weight excluding hydrogens is 417 g/mol. The van der Waals surface area contributed by atoms with Gasteiger partial charge < -0.3 is 9.73 Å². The largest absolute Gasteiger partial charge is 0.451 e. The van der Waals surface area contributed by atoms with Gasteiger partial charge in [0.2, 0.25) is 10.0 Å². The standard InChI is InChI=1S/C19H16FN3O6S/c20-14-6-4-13(5-7-14)17-8-9-18(29-17)19(24)21-10-11-22-30(27,28)16-3-1-2-15(12-16)23(25)26/h1-9,12,22H,10-11H2,(H,21,24). The summed E-state index contributed by atoms with van der Waals surface area (Å²) in [7, 11) is -3.97. The second-order valence-corrected chi connectivity index (χ2v) is 7.85. The van der Waals surface area contributed by atoms with Gasteiger partial charge in [0.15, 0.2) is 5.76 Å². The number of hydrogen-bond acceptors (Lipinski definition) is 6. The molecule has 156 valence electrons. The highest BCUT2D eigenvalue weighted by atomic mass is 32.2. The Labute approximate surface area is 170 Å². The first-order valence-electron chi connectivity index (χ1n) is 8.64. The number of amides is 1. The molecule has 11 heteroatoms. The number of halogens is 1. The van der Waals surface area contributed by atoms with Gasteiger partial charge in [-0.1, -0.05) is 6.07 Å². The lowest BCUT2D eigenvalue weighted by molar-refractivity contribution is -0.385. The monoisotopic (exact) mass is 433 g/mol. The molecular formula is C19H16FN3O6S. The molecule has 0 fully saturated rings. The number of carbonyl (C=O) groups is 1. The van der Waals surface area contributed by atoms with Crippen molar-refractivity contribution in [3.8, 4) is 11.3 Å². The summed E-state index contributed by atoms with van der Waals surface area (Å²) in [5, 5.41) is 13.3. The van der Waals surface area contributed by atoms with Gasteiger partial charge in [-0.2, -0.15) is 0 Å². The number of carbonyl (C=O) groups excluding carboxylic acids is 1. The molecule has 1 heterocycles. The van der Waals surface area contributed by atoms with Crippen molar-refractivity contribution in [2.45, 2.75) is 4.90 Å². The van der Waals surface area contributed by atoms with Crippen LogP contribution in [0.1, 0.15) is 10.6 Å². The molecule has 0 atom stereocenters. The van der Waals surface area contributed by atoms with Gasteiger partial charge in [-0.25, -0.2) is 17.5 Å². The van der Waals surface area contributed by atoms with Crippen molar-refractivity contribution in [1.82, 2.24) is 10.0 Å². The lowest BCUT2D eigenvalue weighted by Crippen LogP contribution is -2.34. The van der Waals surface area contributed by atoms with Crippen LogP contribution in [0.4, 0.5) is 10.1 Å². The minimum absolute atomic E-state index is 0.0101. The van der Waals surface area contributed by atoms with Gasteiger partial charge in [-0.3, -0.25) is 14.9 Å². The Bertz CT molecular complexity index is 1170. The average molecular weight is 433 g/mol. The SMILES string of the molecule is O=C(NCCNS(=O)(=O)c1cccc([N+](=O)[O-])c1)c1ccc(-c2ccc(F)cc2)o1. The molecule has 0 saturated heterocycles. The maximum atomic E-state index is 13.0. The van der Waals surface area contributed by atoms with Crippen molar-refractivity contribution in [2.75, 3.05) is 13.1 Å². The molecule has 0 spiro atoms. The number of nitrogens with zero attached hydrogens (tertiary/aromatic N) is 1. The Balaban J connectivity index is 1.54. The molecule has 2 N–H and O–H groups in total.